The van der Waals surface area contributed by atoms with E-state index in [1.807, 2.05) is 11.8 Å². The van der Waals surface area contributed by atoms with Crippen molar-refractivity contribution in [2.24, 2.45) is 0 Å². The lowest BCUT2D eigenvalue weighted by molar-refractivity contribution is 0.588. The van der Waals surface area contributed by atoms with E-state index in [-0.39, 0.29) is 10.6 Å². The molecule has 0 amide bonds. The number of benzene rings is 1. The lowest BCUT2D eigenvalue weighted by atomic mass is 10.2. The second-order valence-corrected chi connectivity index (χ2v) is 8.62. The monoisotopic (exact) mass is 329 g/mol. The maximum Gasteiger partial charge on any atom is 0.242 e. The van der Waals surface area contributed by atoms with Crippen molar-refractivity contribution in [3.63, 3.8) is 0 Å². The first-order valence-corrected chi connectivity index (χ1v) is 9.70. The molecule has 1 aliphatic rings. The lowest BCUT2D eigenvalue weighted by Gasteiger charge is -2.16. The van der Waals surface area contributed by atoms with E-state index >= 15 is 0 Å². The minimum Gasteiger partial charge on any atom is -0.398 e. The third-order valence-corrected chi connectivity index (χ3v) is 6.45. The third-order valence-electron chi connectivity index (χ3n) is 3.73. The number of rotatable bonds is 6. The van der Waals surface area contributed by atoms with Crippen molar-refractivity contribution in [1.82, 2.24) is 4.72 Å². The number of nitrogens with one attached hydrogen (secondary N) is 2. The molecule has 1 aliphatic carbocycles. The SMILES string of the molecule is CCSC1CCC(Nc2ccc(S(=O)(=O)NC)c(N)c2)C1. The molecule has 0 aromatic heterocycles. The van der Waals surface area contributed by atoms with Gasteiger partial charge in [0.25, 0.3) is 0 Å². The van der Waals surface area contributed by atoms with Crippen LogP contribution in [0.2, 0.25) is 0 Å². The first-order chi connectivity index (χ1) is 9.96. The molecule has 0 radical (unpaired) electrons. The molecule has 118 valence electrons. The number of nitrogens with two attached hydrogens (primary N) is 1. The minimum absolute atomic E-state index is 0.126. The zero-order chi connectivity index (χ0) is 15.5. The van der Waals surface area contributed by atoms with Gasteiger partial charge in [-0.15, -0.1) is 0 Å². The molecule has 0 aliphatic heterocycles. The molecule has 2 rings (SSSR count). The second-order valence-electron chi connectivity index (χ2n) is 5.19. The van der Waals surface area contributed by atoms with Crippen molar-refractivity contribution in [1.29, 1.82) is 0 Å². The predicted octanol–water partition coefficient (Wildman–Crippen LogP) is 2.26. The van der Waals surface area contributed by atoms with Crippen LogP contribution in [0.1, 0.15) is 26.2 Å². The van der Waals surface area contributed by atoms with Crippen molar-refractivity contribution in [3.8, 4) is 0 Å². The Morgan fingerprint density at radius 1 is 1.38 bits per heavy atom. The molecule has 2 unspecified atom stereocenters. The Labute approximate surface area is 131 Å². The van der Waals surface area contributed by atoms with Gasteiger partial charge in [0.1, 0.15) is 4.90 Å². The number of thioether (sulfide) groups is 1. The molecule has 5 nitrogen and oxygen atoms in total. The Balaban J connectivity index is 2.05. The van der Waals surface area contributed by atoms with Crippen LogP contribution < -0.4 is 15.8 Å². The van der Waals surface area contributed by atoms with Crippen LogP contribution in [-0.4, -0.2) is 32.5 Å². The lowest BCUT2D eigenvalue weighted by Crippen LogP contribution is -2.20. The van der Waals surface area contributed by atoms with E-state index in [0.717, 1.165) is 29.5 Å². The minimum atomic E-state index is -3.50. The highest BCUT2D eigenvalue weighted by Crippen LogP contribution is 2.32. The Kier molecular flexibility index (Phi) is 5.40. The normalized spacial score (nSPS) is 22.4. The summed E-state index contributed by atoms with van der Waals surface area (Å²) in [7, 11) is -2.12. The van der Waals surface area contributed by atoms with E-state index in [9.17, 15) is 8.42 Å². The van der Waals surface area contributed by atoms with Gasteiger partial charge in [-0.05, 0) is 50.3 Å². The van der Waals surface area contributed by atoms with Gasteiger partial charge in [0, 0.05) is 17.0 Å². The van der Waals surface area contributed by atoms with Gasteiger partial charge in [-0.2, -0.15) is 11.8 Å². The van der Waals surface area contributed by atoms with Gasteiger partial charge in [0.05, 0.1) is 5.69 Å². The molecular formula is C14H23N3O2S2. The van der Waals surface area contributed by atoms with Gasteiger partial charge in [-0.25, -0.2) is 13.1 Å². The number of anilines is 2. The van der Waals surface area contributed by atoms with Gasteiger partial charge in [0.2, 0.25) is 10.0 Å². The molecule has 0 spiro atoms. The van der Waals surface area contributed by atoms with E-state index in [4.69, 9.17) is 5.73 Å². The van der Waals surface area contributed by atoms with Gasteiger partial charge in [-0.3, -0.25) is 0 Å². The largest absolute Gasteiger partial charge is 0.398 e. The van der Waals surface area contributed by atoms with Gasteiger partial charge in [-0.1, -0.05) is 6.92 Å². The predicted molar refractivity (Wildman–Crippen MR) is 90.3 cm³/mol. The van der Waals surface area contributed by atoms with E-state index in [2.05, 4.69) is 17.0 Å². The Bertz CT molecular complexity index is 590. The number of hydrogen-bond acceptors (Lipinski definition) is 5. The average Bonchev–Trinajstić information content (AvgIpc) is 2.86. The van der Waals surface area contributed by atoms with Crippen LogP contribution in [0, 0.1) is 0 Å². The Morgan fingerprint density at radius 2 is 2.14 bits per heavy atom. The van der Waals surface area contributed by atoms with Crippen LogP contribution >= 0.6 is 11.8 Å². The smallest absolute Gasteiger partial charge is 0.242 e. The van der Waals surface area contributed by atoms with Gasteiger partial charge in [0.15, 0.2) is 0 Å². The van der Waals surface area contributed by atoms with Crippen LogP contribution in [0.3, 0.4) is 0 Å². The zero-order valence-corrected chi connectivity index (χ0v) is 14.1. The Morgan fingerprint density at radius 3 is 2.76 bits per heavy atom. The molecule has 0 heterocycles. The molecule has 7 heteroatoms. The first kappa shape index (κ1) is 16.5. The molecule has 1 aromatic rings. The summed E-state index contributed by atoms with van der Waals surface area (Å²) in [6.07, 6.45) is 3.53. The second kappa shape index (κ2) is 6.89. The molecule has 21 heavy (non-hydrogen) atoms. The molecule has 1 aromatic carbocycles. The molecule has 2 atom stereocenters. The van der Waals surface area contributed by atoms with Gasteiger partial charge >= 0.3 is 0 Å². The van der Waals surface area contributed by atoms with Crippen molar-refractivity contribution in [3.05, 3.63) is 18.2 Å². The number of nitrogen functional groups attached to an aromatic ring is 1. The highest BCUT2D eigenvalue weighted by atomic mass is 32.2. The summed E-state index contributed by atoms with van der Waals surface area (Å²) in [4.78, 5) is 0.126. The topological polar surface area (TPSA) is 84.2 Å². The first-order valence-electron chi connectivity index (χ1n) is 7.17. The van der Waals surface area contributed by atoms with Crippen LogP contribution in [0.4, 0.5) is 11.4 Å². The quantitative estimate of drug-likeness (QED) is 0.697. The summed E-state index contributed by atoms with van der Waals surface area (Å²) in [5.74, 6) is 1.15. The van der Waals surface area contributed by atoms with Crippen LogP contribution in [0.25, 0.3) is 0 Å². The van der Waals surface area contributed by atoms with Gasteiger partial charge < -0.3 is 11.1 Å². The highest BCUT2D eigenvalue weighted by molar-refractivity contribution is 7.99. The molecule has 0 saturated heterocycles. The summed E-state index contributed by atoms with van der Waals surface area (Å²) in [5.41, 5.74) is 7.02. The summed E-state index contributed by atoms with van der Waals surface area (Å²) < 4.78 is 25.8. The standard InChI is InChI=1S/C14H23N3O2S2/c1-3-20-12-6-4-10(8-12)17-11-5-7-14(13(15)9-11)21(18,19)16-2/h5,7,9-10,12,16-17H,3-4,6,8,15H2,1-2H3. The Hall–Kier alpha value is -0.920. The maximum atomic E-state index is 11.8. The van der Waals surface area contributed by atoms with Crippen LogP contribution in [0.15, 0.2) is 23.1 Å². The highest BCUT2D eigenvalue weighted by Gasteiger charge is 2.24. The molecule has 4 N–H and O–H groups in total. The molecule has 0 bridgehead atoms. The number of hydrogen-bond donors (Lipinski definition) is 3. The average molecular weight is 329 g/mol. The summed E-state index contributed by atoms with van der Waals surface area (Å²) >= 11 is 2.01. The fourth-order valence-corrected chi connectivity index (χ4v) is 4.67. The van der Waals surface area contributed by atoms with Crippen molar-refractivity contribution < 1.29 is 8.42 Å². The van der Waals surface area contributed by atoms with Crippen LogP contribution in [-0.2, 0) is 10.0 Å². The summed E-state index contributed by atoms with van der Waals surface area (Å²) in [6.45, 7) is 2.19. The van der Waals surface area contributed by atoms with E-state index in [1.165, 1.54) is 13.5 Å². The van der Waals surface area contributed by atoms with E-state index in [0.29, 0.717) is 6.04 Å². The number of sulfonamides is 1. The van der Waals surface area contributed by atoms with E-state index in [1.54, 1.807) is 18.2 Å². The molecule has 1 fully saturated rings. The maximum absolute atomic E-state index is 11.8. The fraction of sp³-hybridized carbons (Fsp3) is 0.571. The van der Waals surface area contributed by atoms with Crippen LogP contribution in [0.5, 0.6) is 0 Å². The molecule has 1 saturated carbocycles. The zero-order valence-electron chi connectivity index (χ0n) is 12.4. The van der Waals surface area contributed by atoms with Crippen molar-refractivity contribution in [2.75, 3.05) is 23.9 Å². The molecular weight excluding hydrogens is 306 g/mol. The summed E-state index contributed by atoms with van der Waals surface area (Å²) in [5, 5.41) is 4.19. The fourth-order valence-electron chi connectivity index (χ4n) is 2.69. The van der Waals surface area contributed by atoms with Crippen molar-refractivity contribution in [2.45, 2.75) is 42.4 Å². The van der Waals surface area contributed by atoms with E-state index < -0.39 is 10.0 Å². The summed E-state index contributed by atoms with van der Waals surface area (Å²) in [6, 6.07) is 5.47. The van der Waals surface area contributed by atoms with Crippen molar-refractivity contribution >= 4 is 33.2 Å². The third kappa shape index (κ3) is 4.05.